The fourth-order valence-corrected chi connectivity index (χ4v) is 3.34. The van der Waals surface area contributed by atoms with Crippen molar-refractivity contribution in [2.45, 2.75) is 38.1 Å². The number of piperidine rings is 1. The van der Waals surface area contributed by atoms with Crippen LogP contribution in [0.15, 0.2) is 24.3 Å². The van der Waals surface area contributed by atoms with Crippen molar-refractivity contribution in [1.82, 2.24) is 4.90 Å². The quantitative estimate of drug-likeness (QED) is 0.910. The summed E-state index contributed by atoms with van der Waals surface area (Å²) in [6.07, 6.45) is 3.16. The first-order valence-corrected chi connectivity index (χ1v) is 7.29. The van der Waals surface area contributed by atoms with Gasteiger partial charge in [-0.1, -0.05) is 24.3 Å². The van der Waals surface area contributed by atoms with E-state index in [9.17, 15) is 4.79 Å². The average Bonchev–Trinajstić information content (AvgIpc) is 2.40. The molecule has 3 unspecified atom stereocenters. The topological polar surface area (TPSA) is 46.3 Å². The number of hydrogen-bond acceptors (Lipinski definition) is 2. The normalized spacial score (nSPS) is 26.0. The second-order valence-corrected chi connectivity index (χ2v) is 6.00. The van der Waals surface area contributed by atoms with Crippen molar-refractivity contribution in [1.29, 1.82) is 0 Å². The Morgan fingerprint density at radius 1 is 1.40 bits per heavy atom. The number of hydrogen-bond donors (Lipinski definition) is 1. The van der Waals surface area contributed by atoms with E-state index >= 15 is 0 Å². The van der Waals surface area contributed by atoms with E-state index in [1.54, 1.807) is 0 Å². The van der Waals surface area contributed by atoms with Crippen molar-refractivity contribution in [3.8, 4) is 0 Å². The first kappa shape index (κ1) is 15.3. The van der Waals surface area contributed by atoms with Gasteiger partial charge < -0.3 is 10.6 Å². The third-order valence-corrected chi connectivity index (χ3v) is 4.67. The molecule has 1 amide bonds. The number of fused-ring (bicyclic) bond motifs is 1. The maximum absolute atomic E-state index is 12.6. The standard InChI is InChI=1S/C16H22N2O.ClH/c1-11(17)13-6-4-8-18(10-13)16(19)15-9-12-5-2-3-7-14(12)15;/h2-3,5,7,11,13,15H,4,6,8-10,17H2,1H3;1H. The van der Waals surface area contributed by atoms with E-state index in [2.05, 4.69) is 19.1 Å². The van der Waals surface area contributed by atoms with Crippen LogP contribution in [0.5, 0.6) is 0 Å². The zero-order chi connectivity index (χ0) is 13.4. The highest BCUT2D eigenvalue weighted by molar-refractivity contribution is 5.87. The molecule has 0 aromatic heterocycles. The average molecular weight is 295 g/mol. The lowest BCUT2D eigenvalue weighted by molar-refractivity contribution is -0.135. The van der Waals surface area contributed by atoms with Gasteiger partial charge in [0.25, 0.3) is 0 Å². The van der Waals surface area contributed by atoms with Gasteiger partial charge in [-0.05, 0) is 43.2 Å². The van der Waals surface area contributed by atoms with Gasteiger partial charge in [0.2, 0.25) is 5.91 Å². The summed E-state index contributed by atoms with van der Waals surface area (Å²) in [5, 5.41) is 0. The van der Waals surface area contributed by atoms with Gasteiger partial charge in [-0.15, -0.1) is 12.4 Å². The number of likely N-dealkylation sites (tertiary alicyclic amines) is 1. The van der Waals surface area contributed by atoms with Crippen molar-refractivity contribution in [2.24, 2.45) is 11.7 Å². The Balaban J connectivity index is 0.00000147. The van der Waals surface area contributed by atoms with Crippen LogP contribution < -0.4 is 5.73 Å². The van der Waals surface area contributed by atoms with Crippen LogP contribution in [0, 0.1) is 5.92 Å². The minimum absolute atomic E-state index is 0. The van der Waals surface area contributed by atoms with Gasteiger partial charge >= 0.3 is 0 Å². The van der Waals surface area contributed by atoms with Crippen molar-refractivity contribution < 1.29 is 4.79 Å². The van der Waals surface area contributed by atoms with Crippen LogP contribution in [0.2, 0.25) is 0 Å². The first-order chi connectivity index (χ1) is 9.16. The third kappa shape index (κ3) is 2.70. The zero-order valence-corrected chi connectivity index (χ0v) is 12.7. The molecule has 1 aromatic rings. The molecule has 1 fully saturated rings. The van der Waals surface area contributed by atoms with Gasteiger partial charge in [-0.25, -0.2) is 0 Å². The van der Waals surface area contributed by atoms with E-state index in [0.29, 0.717) is 11.8 Å². The molecule has 3 atom stereocenters. The molecule has 1 aromatic carbocycles. The minimum atomic E-state index is 0. The molecule has 1 heterocycles. The van der Waals surface area contributed by atoms with Crippen LogP contribution >= 0.6 is 12.4 Å². The molecule has 0 bridgehead atoms. The highest BCUT2D eigenvalue weighted by Gasteiger charge is 2.36. The Bertz CT molecular complexity index is 489. The summed E-state index contributed by atoms with van der Waals surface area (Å²) in [4.78, 5) is 14.6. The predicted molar refractivity (Wildman–Crippen MR) is 83.1 cm³/mol. The van der Waals surface area contributed by atoms with Gasteiger partial charge in [-0.2, -0.15) is 0 Å². The molecule has 0 spiro atoms. The molecule has 0 saturated carbocycles. The number of benzene rings is 1. The summed E-state index contributed by atoms with van der Waals surface area (Å²) in [5.41, 5.74) is 8.56. The lowest BCUT2D eigenvalue weighted by atomic mass is 9.76. The van der Waals surface area contributed by atoms with Gasteiger partial charge in [0.15, 0.2) is 0 Å². The molecule has 110 valence electrons. The van der Waals surface area contributed by atoms with Gasteiger partial charge in [-0.3, -0.25) is 4.79 Å². The summed E-state index contributed by atoms with van der Waals surface area (Å²) < 4.78 is 0. The highest BCUT2D eigenvalue weighted by atomic mass is 35.5. The summed E-state index contributed by atoms with van der Waals surface area (Å²) in [5.74, 6) is 0.875. The summed E-state index contributed by atoms with van der Waals surface area (Å²) in [6.45, 7) is 3.80. The molecule has 3 rings (SSSR count). The fraction of sp³-hybridized carbons (Fsp3) is 0.562. The maximum Gasteiger partial charge on any atom is 0.230 e. The van der Waals surface area contributed by atoms with Crippen molar-refractivity contribution >= 4 is 18.3 Å². The molecule has 1 saturated heterocycles. The van der Waals surface area contributed by atoms with Crippen LogP contribution in [-0.2, 0) is 11.2 Å². The Morgan fingerprint density at radius 2 is 2.15 bits per heavy atom. The van der Waals surface area contributed by atoms with Crippen molar-refractivity contribution in [3.63, 3.8) is 0 Å². The number of nitrogens with two attached hydrogens (primary N) is 1. The Kier molecular flexibility index (Phi) is 4.71. The lowest BCUT2D eigenvalue weighted by Gasteiger charge is -2.39. The molecule has 1 aliphatic heterocycles. The SMILES string of the molecule is CC(N)C1CCCN(C(=O)C2Cc3ccccc32)C1.Cl. The molecule has 2 aliphatic rings. The largest absolute Gasteiger partial charge is 0.342 e. The van der Waals surface area contributed by atoms with E-state index in [4.69, 9.17) is 5.73 Å². The number of nitrogens with zero attached hydrogens (tertiary/aromatic N) is 1. The summed E-state index contributed by atoms with van der Waals surface area (Å²) in [6, 6.07) is 8.48. The summed E-state index contributed by atoms with van der Waals surface area (Å²) >= 11 is 0. The molecular weight excluding hydrogens is 272 g/mol. The lowest BCUT2D eigenvalue weighted by Crippen LogP contribution is -2.48. The zero-order valence-electron chi connectivity index (χ0n) is 11.9. The summed E-state index contributed by atoms with van der Waals surface area (Å²) in [7, 11) is 0. The Morgan fingerprint density at radius 3 is 2.85 bits per heavy atom. The van der Waals surface area contributed by atoms with Gasteiger partial charge in [0.05, 0.1) is 5.92 Å². The second kappa shape index (κ2) is 6.15. The Labute approximate surface area is 126 Å². The van der Waals surface area contributed by atoms with Gasteiger partial charge in [0.1, 0.15) is 0 Å². The van der Waals surface area contributed by atoms with Crippen molar-refractivity contribution in [3.05, 3.63) is 35.4 Å². The van der Waals surface area contributed by atoms with Crippen LogP contribution in [0.3, 0.4) is 0 Å². The molecule has 2 N–H and O–H groups in total. The van der Waals surface area contributed by atoms with Crippen molar-refractivity contribution in [2.75, 3.05) is 13.1 Å². The van der Waals surface area contributed by atoms with Crippen LogP contribution in [-0.4, -0.2) is 29.9 Å². The smallest absolute Gasteiger partial charge is 0.230 e. The van der Waals surface area contributed by atoms with Crippen LogP contribution in [0.4, 0.5) is 0 Å². The molecule has 3 nitrogen and oxygen atoms in total. The minimum Gasteiger partial charge on any atom is -0.342 e. The predicted octanol–water partition coefficient (Wildman–Crippen LogP) is 2.33. The first-order valence-electron chi connectivity index (χ1n) is 7.29. The van der Waals surface area contributed by atoms with E-state index in [1.165, 1.54) is 11.1 Å². The number of carbonyl (C=O) groups is 1. The number of halogens is 1. The third-order valence-electron chi connectivity index (χ3n) is 4.67. The molecule has 1 aliphatic carbocycles. The second-order valence-electron chi connectivity index (χ2n) is 6.00. The van der Waals surface area contributed by atoms with E-state index in [0.717, 1.165) is 32.4 Å². The van der Waals surface area contributed by atoms with E-state index in [1.807, 2.05) is 17.0 Å². The number of rotatable bonds is 2. The monoisotopic (exact) mass is 294 g/mol. The Hall–Kier alpha value is -1.06. The van der Waals surface area contributed by atoms with Gasteiger partial charge in [0, 0.05) is 19.1 Å². The molecular formula is C16H23ClN2O. The van der Waals surface area contributed by atoms with Crippen LogP contribution in [0.25, 0.3) is 0 Å². The fourth-order valence-electron chi connectivity index (χ4n) is 3.34. The number of amides is 1. The van der Waals surface area contributed by atoms with Crippen LogP contribution in [0.1, 0.15) is 36.8 Å². The van der Waals surface area contributed by atoms with E-state index in [-0.39, 0.29) is 24.4 Å². The van der Waals surface area contributed by atoms with E-state index < -0.39 is 0 Å². The molecule has 20 heavy (non-hydrogen) atoms. The molecule has 4 heteroatoms. The molecule has 0 radical (unpaired) electrons. The number of carbonyl (C=O) groups excluding carboxylic acids is 1. The highest BCUT2D eigenvalue weighted by Crippen LogP contribution is 2.37. The maximum atomic E-state index is 12.6.